The Morgan fingerprint density at radius 3 is 2.57 bits per heavy atom. The third-order valence-corrected chi connectivity index (χ3v) is 3.61. The predicted molar refractivity (Wildman–Crippen MR) is 83.5 cm³/mol. The minimum atomic E-state index is -0.427. The summed E-state index contributed by atoms with van der Waals surface area (Å²) in [6.45, 7) is 1.94. The number of amides is 2. The van der Waals surface area contributed by atoms with E-state index in [2.05, 4.69) is 10.6 Å². The number of nitrogens with one attached hydrogen (secondary N) is 2. The molecule has 0 aromatic heterocycles. The molecule has 0 heterocycles. The Hall–Kier alpha value is -1.78. The zero-order valence-electron chi connectivity index (χ0n) is 11.2. The Bertz CT molecular complexity index is 677. The molecule has 2 rings (SSSR count). The van der Waals surface area contributed by atoms with E-state index >= 15 is 0 Å². The number of carbonyl (C=O) groups is 1. The molecule has 21 heavy (non-hydrogen) atoms. The summed E-state index contributed by atoms with van der Waals surface area (Å²) in [6, 6.07) is 9.18. The lowest BCUT2D eigenvalue weighted by atomic mass is 10.2. The van der Waals surface area contributed by atoms with Crippen LogP contribution in [0.1, 0.15) is 11.1 Å². The van der Waals surface area contributed by atoms with Crippen LogP contribution in [0.5, 0.6) is 0 Å². The molecule has 0 unspecified atom stereocenters. The van der Waals surface area contributed by atoms with Crippen molar-refractivity contribution >= 4 is 34.9 Å². The van der Waals surface area contributed by atoms with Crippen LogP contribution in [0.3, 0.4) is 0 Å². The lowest BCUT2D eigenvalue weighted by Crippen LogP contribution is -2.28. The average molecular weight is 327 g/mol. The number of carbonyl (C=O) groups excluding carboxylic acids is 1. The maximum atomic E-state index is 13.4. The van der Waals surface area contributed by atoms with Gasteiger partial charge in [-0.25, -0.2) is 9.18 Å². The number of benzene rings is 2. The molecular weight excluding hydrogens is 314 g/mol. The van der Waals surface area contributed by atoms with E-state index in [1.165, 1.54) is 6.07 Å². The normalized spacial score (nSPS) is 10.3. The molecule has 2 N–H and O–H groups in total. The maximum Gasteiger partial charge on any atom is 0.319 e. The summed E-state index contributed by atoms with van der Waals surface area (Å²) >= 11 is 11.7. The fourth-order valence-electron chi connectivity index (χ4n) is 1.68. The number of rotatable bonds is 3. The predicted octanol–water partition coefficient (Wildman–Crippen LogP) is 4.76. The minimum absolute atomic E-state index is 0.289. The molecule has 2 amide bonds. The van der Waals surface area contributed by atoms with Gasteiger partial charge in [0.25, 0.3) is 0 Å². The largest absolute Gasteiger partial charge is 0.334 e. The fraction of sp³-hybridized carbons (Fsp3) is 0.133. The van der Waals surface area contributed by atoms with Gasteiger partial charge in [-0.1, -0.05) is 35.3 Å². The van der Waals surface area contributed by atoms with E-state index in [1.807, 2.05) is 0 Å². The molecule has 0 saturated carbocycles. The van der Waals surface area contributed by atoms with E-state index in [0.717, 1.165) is 5.56 Å². The summed E-state index contributed by atoms with van der Waals surface area (Å²) in [5, 5.41) is 6.10. The SMILES string of the molecule is Cc1ccc(NC(=O)NCc2ccc(Cl)c(Cl)c2)cc1F. The first-order valence-corrected chi connectivity index (χ1v) is 6.96. The van der Waals surface area contributed by atoms with Crippen molar-refractivity contribution < 1.29 is 9.18 Å². The van der Waals surface area contributed by atoms with Gasteiger partial charge in [0.1, 0.15) is 5.82 Å². The van der Waals surface area contributed by atoms with E-state index in [-0.39, 0.29) is 12.4 Å². The smallest absolute Gasteiger partial charge is 0.319 e. The average Bonchev–Trinajstić information content (AvgIpc) is 2.44. The van der Waals surface area contributed by atoms with Crippen LogP contribution in [-0.2, 0) is 6.54 Å². The number of hydrogen-bond acceptors (Lipinski definition) is 1. The molecule has 0 saturated heterocycles. The highest BCUT2D eigenvalue weighted by Crippen LogP contribution is 2.22. The first-order valence-electron chi connectivity index (χ1n) is 6.20. The zero-order chi connectivity index (χ0) is 15.4. The Morgan fingerprint density at radius 1 is 1.14 bits per heavy atom. The molecule has 0 aliphatic rings. The number of halogens is 3. The topological polar surface area (TPSA) is 41.1 Å². The van der Waals surface area contributed by atoms with Crippen LogP contribution in [0.2, 0.25) is 10.0 Å². The molecule has 0 aliphatic carbocycles. The Kier molecular flexibility index (Phi) is 5.04. The van der Waals surface area contributed by atoms with Crippen molar-refractivity contribution in [2.45, 2.75) is 13.5 Å². The number of anilines is 1. The molecule has 6 heteroatoms. The van der Waals surface area contributed by atoms with E-state index in [1.54, 1.807) is 37.3 Å². The van der Waals surface area contributed by atoms with Crippen molar-refractivity contribution in [1.82, 2.24) is 5.32 Å². The van der Waals surface area contributed by atoms with Crippen LogP contribution in [0.25, 0.3) is 0 Å². The molecule has 0 fully saturated rings. The molecule has 0 spiro atoms. The Balaban J connectivity index is 1.92. The van der Waals surface area contributed by atoms with E-state index in [9.17, 15) is 9.18 Å². The van der Waals surface area contributed by atoms with Gasteiger partial charge in [0.15, 0.2) is 0 Å². The van der Waals surface area contributed by atoms with Gasteiger partial charge in [0.2, 0.25) is 0 Å². The summed E-state index contributed by atoms with van der Waals surface area (Å²) in [6.07, 6.45) is 0. The highest BCUT2D eigenvalue weighted by molar-refractivity contribution is 6.42. The minimum Gasteiger partial charge on any atom is -0.334 e. The van der Waals surface area contributed by atoms with Gasteiger partial charge in [0.05, 0.1) is 10.0 Å². The molecule has 110 valence electrons. The van der Waals surface area contributed by atoms with Crippen molar-refractivity contribution in [3.8, 4) is 0 Å². The van der Waals surface area contributed by atoms with Gasteiger partial charge in [-0.2, -0.15) is 0 Å². The zero-order valence-corrected chi connectivity index (χ0v) is 12.7. The summed E-state index contributed by atoms with van der Waals surface area (Å²) in [5.41, 5.74) is 1.73. The molecule has 0 aliphatic heterocycles. The van der Waals surface area contributed by atoms with Crippen LogP contribution in [-0.4, -0.2) is 6.03 Å². The van der Waals surface area contributed by atoms with Crippen molar-refractivity contribution in [3.05, 3.63) is 63.4 Å². The molecule has 3 nitrogen and oxygen atoms in total. The van der Waals surface area contributed by atoms with Crippen molar-refractivity contribution in [2.24, 2.45) is 0 Å². The molecule has 2 aromatic carbocycles. The molecule has 0 radical (unpaired) electrons. The van der Waals surface area contributed by atoms with E-state index in [0.29, 0.717) is 21.3 Å². The van der Waals surface area contributed by atoms with Gasteiger partial charge in [-0.3, -0.25) is 0 Å². The third kappa shape index (κ3) is 4.34. The summed E-state index contributed by atoms with van der Waals surface area (Å²) in [5.74, 6) is -0.364. The van der Waals surface area contributed by atoms with E-state index < -0.39 is 6.03 Å². The molecule has 2 aromatic rings. The van der Waals surface area contributed by atoms with Crippen LogP contribution in [0.15, 0.2) is 36.4 Å². The quantitative estimate of drug-likeness (QED) is 0.838. The lowest BCUT2D eigenvalue weighted by molar-refractivity contribution is 0.251. The lowest BCUT2D eigenvalue weighted by Gasteiger charge is -2.09. The number of aryl methyl sites for hydroxylation is 1. The fourth-order valence-corrected chi connectivity index (χ4v) is 2.00. The molecule has 0 bridgehead atoms. The third-order valence-electron chi connectivity index (χ3n) is 2.87. The van der Waals surface area contributed by atoms with Crippen molar-refractivity contribution in [1.29, 1.82) is 0 Å². The van der Waals surface area contributed by atoms with Gasteiger partial charge >= 0.3 is 6.03 Å². The first kappa shape index (κ1) is 15.6. The second-order valence-corrected chi connectivity index (χ2v) is 5.33. The molecule has 0 atom stereocenters. The van der Waals surface area contributed by atoms with Crippen LogP contribution >= 0.6 is 23.2 Å². The maximum absolute atomic E-state index is 13.4. The Labute approximate surface area is 132 Å². The summed E-state index contributed by atoms with van der Waals surface area (Å²) in [7, 11) is 0. The first-order chi connectivity index (χ1) is 9.95. The number of urea groups is 1. The summed E-state index contributed by atoms with van der Waals surface area (Å²) in [4.78, 5) is 11.7. The highest BCUT2D eigenvalue weighted by atomic mass is 35.5. The van der Waals surface area contributed by atoms with Gasteiger partial charge < -0.3 is 10.6 Å². The van der Waals surface area contributed by atoms with Gasteiger partial charge in [0, 0.05) is 12.2 Å². The highest BCUT2D eigenvalue weighted by Gasteiger charge is 2.05. The van der Waals surface area contributed by atoms with Crippen molar-refractivity contribution in [3.63, 3.8) is 0 Å². The van der Waals surface area contributed by atoms with Crippen LogP contribution in [0.4, 0.5) is 14.9 Å². The monoisotopic (exact) mass is 326 g/mol. The van der Waals surface area contributed by atoms with Gasteiger partial charge in [-0.05, 0) is 42.3 Å². The summed E-state index contributed by atoms with van der Waals surface area (Å²) < 4.78 is 13.4. The van der Waals surface area contributed by atoms with E-state index in [4.69, 9.17) is 23.2 Å². The van der Waals surface area contributed by atoms with Gasteiger partial charge in [-0.15, -0.1) is 0 Å². The van der Waals surface area contributed by atoms with Crippen LogP contribution < -0.4 is 10.6 Å². The number of hydrogen-bond donors (Lipinski definition) is 2. The van der Waals surface area contributed by atoms with Crippen molar-refractivity contribution in [2.75, 3.05) is 5.32 Å². The standard InChI is InChI=1S/C15H13Cl2FN2O/c1-9-2-4-11(7-14(9)18)20-15(21)19-8-10-3-5-12(16)13(17)6-10/h2-7H,8H2,1H3,(H2,19,20,21). The second-order valence-electron chi connectivity index (χ2n) is 4.52. The Morgan fingerprint density at radius 2 is 1.90 bits per heavy atom. The van der Waals surface area contributed by atoms with Crippen LogP contribution in [0, 0.1) is 12.7 Å². The second kappa shape index (κ2) is 6.78. The molecular formula is C15H13Cl2FN2O.